The summed E-state index contributed by atoms with van der Waals surface area (Å²) in [6.07, 6.45) is 6.68. The van der Waals surface area contributed by atoms with Gasteiger partial charge in [-0.15, -0.1) is 6.42 Å². The molecule has 2 aromatic carbocycles. The van der Waals surface area contributed by atoms with E-state index in [9.17, 15) is 4.79 Å². The van der Waals surface area contributed by atoms with Crippen molar-refractivity contribution in [1.82, 2.24) is 5.43 Å². The number of nitrogens with zero attached hydrogens (tertiary/aromatic N) is 1. The maximum atomic E-state index is 12.2. The molecule has 0 atom stereocenters. The number of hydrogen-bond acceptors (Lipinski definition) is 5. The third kappa shape index (κ3) is 5.01. The minimum absolute atomic E-state index is 0.154. The summed E-state index contributed by atoms with van der Waals surface area (Å²) in [5.74, 6) is 3.62. The molecular formula is C19H18N2O4. The van der Waals surface area contributed by atoms with Crippen LogP contribution in [0.2, 0.25) is 0 Å². The molecule has 0 aliphatic heterocycles. The fraction of sp³-hybridized carbons (Fsp3) is 0.158. The smallest absolute Gasteiger partial charge is 0.271 e. The van der Waals surface area contributed by atoms with Crippen LogP contribution in [0.25, 0.3) is 0 Å². The molecule has 0 aliphatic rings. The molecule has 6 nitrogen and oxygen atoms in total. The van der Waals surface area contributed by atoms with Crippen LogP contribution in [0, 0.1) is 12.3 Å². The number of amides is 1. The van der Waals surface area contributed by atoms with Crippen LogP contribution in [-0.2, 0) is 0 Å². The van der Waals surface area contributed by atoms with Crippen molar-refractivity contribution in [2.75, 3.05) is 20.8 Å². The number of benzene rings is 2. The molecule has 0 saturated heterocycles. The molecule has 0 fully saturated rings. The molecule has 25 heavy (non-hydrogen) atoms. The number of carbonyl (C=O) groups is 1. The second kappa shape index (κ2) is 8.99. The topological polar surface area (TPSA) is 69.2 Å². The summed E-state index contributed by atoms with van der Waals surface area (Å²) in [6, 6.07) is 12.1. The minimum atomic E-state index is -0.393. The van der Waals surface area contributed by atoms with Gasteiger partial charge in [-0.1, -0.05) is 18.1 Å². The van der Waals surface area contributed by atoms with Crippen LogP contribution in [0.15, 0.2) is 47.6 Å². The zero-order chi connectivity index (χ0) is 18.1. The van der Waals surface area contributed by atoms with Crippen molar-refractivity contribution >= 4 is 12.1 Å². The average molecular weight is 338 g/mol. The molecule has 6 heteroatoms. The summed E-state index contributed by atoms with van der Waals surface area (Å²) in [7, 11) is 3.03. The molecule has 1 amide bonds. The monoisotopic (exact) mass is 338 g/mol. The summed E-state index contributed by atoms with van der Waals surface area (Å²) in [5, 5.41) is 3.96. The van der Waals surface area contributed by atoms with E-state index >= 15 is 0 Å². The molecule has 2 aromatic rings. The number of nitrogens with one attached hydrogen (secondary N) is 1. The largest absolute Gasteiger partial charge is 0.497 e. The number of terminal acetylenes is 1. The first-order chi connectivity index (χ1) is 12.2. The SMILES string of the molecule is C#CCOc1ccccc1C=NNC(=O)c1cc(OC)cc(OC)c1. The number of hydrogen-bond donors (Lipinski definition) is 1. The van der Waals surface area contributed by atoms with Gasteiger partial charge in [0.05, 0.1) is 20.4 Å². The highest BCUT2D eigenvalue weighted by atomic mass is 16.5. The Morgan fingerprint density at radius 2 is 1.88 bits per heavy atom. The van der Waals surface area contributed by atoms with Crippen LogP contribution in [0.4, 0.5) is 0 Å². The normalized spacial score (nSPS) is 10.1. The van der Waals surface area contributed by atoms with Crippen molar-refractivity contribution in [3.05, 3.63) is 53.6 Å². The van der Waals surface area contributed by atoms with E-state index < -0.39 is 5.91 Å². The lowest BCUT2D eigenvalue weighted by molar-refractivity contribution is 0.0954. The van der Waals surface area contributed by atoms with Crippen LogP contribution in [0.3, 0.4) is 0 Å². The van der Waals surface area contributed by atoms with Crippen molar-refractivity contribution in [2.45, 2.75) is 0 Å². The number of hydrazone groups is 1. The number of methoxy groups -OCH3 is 2. The molecule has 0 radical (unpaired) electrons. The maximum absolute atomic E-state index is 12.2. The molecule has 0 unspecified atom stereocenters. The van der Waals surface area contributed by atoms with Gasteiger partial charge in [0, 0.05) is 17.2 Å². The number of carbonyl (C=O) groups excluding carboxylic acids is 1. The first-order valence-electron chi connectivity index (χ1n) is 7.39. The van der Waals surface area contributed by atoms with Gasteiger partial charge in [-0.2, -0.15) is 5.10 Å². The zero-order valence-corrected chi connectivity index (χ0v) is 14.0. The van der Waals surface area contributed by atoms with Gasteiger partial charge in [0.1, 0.15) is 23.9 Å². The van der Waals surface area contributed by atoms with Crippen molar-refractivity contribution in [3.63, 3.8) is 0 Å². The molecule has 2 rings (SSSR count). The Kier molecular flexibility index (Phi) is 6.43. The second-order valence-corrected chi connectivity index (χ2v) is 4.83. The average Bonchev–Trinajstić information content (AvgIpc) is 2.66. The lowest BCUT2D eigenvalue weighted by atomic mass is 10.2. The highest BCUT2D eigenvalue weighted by Gasteiger charge is 2.09. The Balaban J connectivity index is 2.10. The van der Waals surface area contributed by atoms with E-state index in [1.165, 1.54) is 20.4 Å². The third-order valence-electron chi connectivity index (χ3n) is 3.21. The first kappa shape index (κ1) is 17.9. The predicted octanol–water partition coefficient (Wildman–Crippen LogP) is 2.48. The summed E-state index contributed by atoms with van der Waals surface area (Å²) in [5.41, 5.74) is 3.52. The van der Waals surface area contributed by atoms with E-state index in [-0.39, 0.29) is 6.61 Å². The van der Waals surface area contributed by atoms with Crippen molar-refractivity contribution in [3.8, 4) is 29.6 Å². The van der Waals surface area contributed by atoms with E-state index in [4.69, 9.17) is 20.6 Å². The molecule has 0 aliphatic carbocycles. The van der Waals surface area contributed by atoms with Gasteiger partial charge in [0.25, 0.3) is 5.91 Å². The number of para-hydroxylation sites is 1. The highest BCUT2D eigenvalue weighted by Crippen LogP contribution is 2.22. The standard InChI is InChI=1S/C19H18N2O4/c1-4-9-25-18-8-6-5-7-14(18)13-20-21-19(22)15-10-16(23-2)12-17(11-15)24-3/h1,5-8,10-13H,9H2,2-3H3,(H,21,22). The van der Waals surface area contributed by atoms with Crippen LogP contribution in [-0.4, -0.2) is 32.9 Å². The zero-order valence-electron chi connectivity index (χ0n) is 14.0. The van der Waals surface area contributed by atoms with Gasteiger partial charge in [-0.3, -0.25) is 4.79 Å². The molecule has 0 heterocycles. The number of rotatable bonds is 7. The van der Waals surface area contributed by atoms with Crippen LogP contribution in [0.5, 0.6) is 17.2 Å². The van der Waals surface area contributed by atoms with Crippen LogP contribution < -0.4 is 19.6 Å². The maximum Gasteiger partial charge on any atom is 0.271 e. The summed E-state index contributed by atoms with van der Waals surface area (Å²) in [6.45, 7) is 0.154. The highest BCUT2D eigenvalue weighted by molar-refractivity contribution is 5.95. The van der Waals surface area contributed by atoms with Crippen LogP contribution >= 0.6 is 0 Å². The molecule has 1 N–H and O–H groups in total. The Labute approximate surface area is 146 Å². The van der Waals surface area contributed by atoms with Gasteiger partial charge in [0.15, 0.2) is 0 Å². The quantitative estimate of drug-likeness (QED) is 0.478. The lowest BCUT2D eigenvalue weighted by Gasteiger charge is -2.07. The first-order valence-corrected chi connectivity index (χ1v) is 7.39. The molecule has 0 aromatic heterocycles. The fourth-order valence-electron chi connectivity index (χ4n) is 2.00. The van der Waals surface area contributed by atoms with Gasteiger partial charge < -0.3 is 14.2 Å². The Morgan fingerprint density at radius 1 is 1.20 bits per heavy atom. The summed E-state index contributed by atoms with van der Waals surface area (Å²) >= 11 is 0. The number of ether oxygens (including phenoxy) is 3. The van der Waals surface area contributed by atoms with Crippen molar-refractivity contribution in [2.24, 2.45) is 5.10 Å². The summed E-state index contributed by atoms with van der Waals surface area (Å²) < 4.78 is 15.7. The van der Waals surface area contributed by atoms with Crippen molar-refractivity contribution < 1.29 is 19.0 Å². The molecule has 0 bridgehead atoms. The van der Waals surface area contributed by atoms with Crippen molar-refractivity contribution in [1.29, 1.82) is 0 Å². The van der Waals surface area contributed by atoms with E-state index in [1.807, 2.05) is 12.1 Å². The summed E-state index contributed by atoms with van der Waals surface area (Å²) in [4.78, 5) is 12.2. The minimum Gasteiger partial charge on any atom is -0.497 e. The van der Waals surface area contributed by atoms with E-state index in [0.717, 1.165) is 0 Å². The third-order valence-corrected chi connectivity index (χ3v) is 3.21. The van der Waals surface area contributed by atoms with Gasteiger partial charge in [0.2, 0.25) is 0 Å². The lowest BCUT2D eigenvalue weighted by Crippen LogP contribution is -2.17. The van der Waals surface area contributed by atoms with Gasteiger partial charge >= 0.3 is 0 Å². The van der Waals surface area contributed by atoms with E-state index in [0.29, 0.717) is 28.4 Å². The second-order valence-electron chi connectivity index (χ2n) is 4.83. The Morgan fingerprint density at radius 3 is 2.52 bits per heavy atom. The predicted molar refractivity (Wildman–Crippen MR) is 95.4 cm³/mol. The van der Waals surface area contributed by atoms with Crippen LogP contribution in [0.1, 0.15) is 15.9 Å². The van der Waals surface area contributed by atoms with E-state index in [1.54, 1.807) is 30.3 Å². The van der Waals surface area contributed by atoms with Gasteiger partial charge in [-0.25, -0.2) is 5.43 Å². The molecular weight excluding hydrogens is 320 g/mol. The Hall–Kier alpha value is -3.46. The Bertz CT molecular complexity index is 787. The molecule has 0 saturated carbocycles. The van der Waals surface area contributed by atoms with Gasteiger partial charge in [-0.05, 0) is 24.3 Å². The molecule has 128 valence electrons. The fourth-order valence-corrected chi connectivity index (χ4v) is 2.00. The molecule has 0 spiro atoms. The van der Waals surface area contributed by atoms with E-state index in [2.05, 4.69) is 16.4 Å².